The molecule has 1 unspecified atom stereocenters. The molecule has 1 aliphatic carbocycles. The Bertz CT molecular complexity index is 2310. The normalized spacial score (nSPS) is 20.2. The number of carbonyl (C=O) groups excluding carboxylic acids is 4. The Morgan fingerprint density at radius 3 is 2.47 bits per heavy atom. The quantitative estimate of drug-likeness (QED) is 0.206. The Morgan fingerprint density at radius 1 is 0.965 bits per heavy atom. The second kappa shape index (κ2) is 14.5. The number of rotatable bonds is 8. The van der Waals surface area contributed by atoms with E-state index in [4.69, 9.17) is 22.3 Å². The van der Waals surface area contributed by atoms with E-state index < -0.39 is 11.9 Å². The number of imide groups is 1. The largest absolute Gasteiger partial charge is 0.385 e. The predicted octanol–water partition coefficient (Wildman–Crippen LogP) is 3.78. The smallest absolute Gasteiger partial charge is 0.328 e. The number of primary amides is 1. The molecule has 6 aliphatic rings. The first kappa shape index (κ1) is 36.7. The molecule has 0 radical (unpaired) electrons. The molecule has 4 fully saturated rings. The number of anilines is 2. The number of nitrogens with one attached hydrogen (secondary N) is 3. The number of nitrogens with zero attached hydrogens (tertiary/aromatic N) is 7. The van der Waals surface area contributed by atoms with E-state index in [9.17, 15) is 19.2 Å². The number of aromatic nitrogens is 3. The maximum Gasteiger partial charge on any atom is 0.328 e. The summed E-state index contributed by atoms with van der Waals surface area (Å²) in [4.78, 5) is 66.6. The van der Waals surface area contributed by atoms with Gasteiger partial charge in [0, 0.05) is 87.7 Å². The fourth-order valence-electron chi connectivity index (χ4n) is 8.48. The summed E-state index contributed by atoms with van der Waals surface area (Å²) in [5.74, 6) is -0.372. The van der Waals surface area contributed by atoms with Gasteiger partial charge in [0.25, 0.3) is 11.8 Å². The molecule has 294 valence electrons. The Morgan fingerprint density at radius 2 is 1.77 bits per heavy atom. The van der Waals surface area contributed by atoms with E-state index in [1.165, 1.54) is 35.9 Å². The van der Waals surface area contributed by atoms with E-state index in [1.54, 1.807) is 22.9 Å². The molecule has 3 saturated heterocycles. The van der Waals surface area contributed by atoms with Crippen LogP contribution < -0.4 is 31.6 Å². The summed E-state index contributed by atoms with van der Waals surface area (Å²) in [6.07, 6.45) is 10.8. The molecule has 4 aromatic rings. The molecular weight excluding hydrogens is 746 g/mol. The summed E-state index contributed by atoms with van der Waals surface area (Å²) in [6, 6.07) is 14.9. The van der Waals surface area contributed by atoms with Crippen LogP contribution in [0, 0.1) is 5.41 Å². The summed E-state index contributed by atoms with van der Waals surface area (Å²) in [6.45, 7) is 4.91. The van der Waals surface area contributed by atoms with Gasteiger partial charge in [-0.2, -0.15) is 0 Å². The van der Waals surface area contributed by atoms with Gasteiger partial charge in [-0.25, -0.2) is 14.5 Å². The Labute approximate surface area is 334 Å². The van der Waals surface area contributed by atoms with E-state index in [-0.39, 0.29) is 36.4 Å². The lowest BCUT2D eigenvalue weighted by molar-refractivity contribution is -0.120. The van der Waals surface area contributed by atoms with Gasteiger partial charge in [-0.15, -0.1) is 0 Å². The van der Waals surface area contributed by atoms with Crippen molar-refractivity contribution in [1.82, 2.24) is 35.1 Å². The van der Waals surface area contributed by atoms with Crippen LogP contribution in [0.25, 0.3) is 17.0 Å². The van der Waals surface area contributed by atoms with Crippen molar-refractivity contribution in [1.29, 1.82) is 0 Å². The van der Waals surface area contributed by atoms with Crippen molar-refractivity contribution in [2.45, 2.75) is 44.8 Å². The molecule has 1 spiro atoms. The third-order valence-corrected chi connectivity index (χ3v) is 11.7. The number of urea groups is 1. The number of likely N-dealkylation sites (tertiary alicyclic amines) is 2. The van der Waals surface area contributed by atoms with Crippen molar-refractivity contribution in [3.63, 3.8) is 0 Å². The second-order valence-electron chi connectivity index (χ2n) is 15.7. The number of imidazole rings is 1. The van der Waals surface area contributed by atoms with E-state index in [2.05, 4.69) is 67.3 Å². The van der Waals surface area contributed by atoms with Gasteiger partial charge < -0.3 is 20.9 Å². The van der Waals surface area contributed by atoms with Gasteiger partial charge in [-0.05, 0) is 54.0 Å². The number of pyridine rings is 1. The number of benzene rings is 2. The molecule has 2 aromatic carbocycles. The van der Waals surface area contributed by atoms with Gasteiger partial charge in [0.15, 0.2) is 5.82 Å². The molecule has 15 nitrogen and oxygen atoms in total. The summed E-state index contributed by atoms with van der Waals surface area (Å²) in [5.41, 5.74) is 16.6. The van der Waals surface area contributed by atoms with Crippen molar-refractivity contribution in [2.75, 3.05) is 61.5 Å². The predicted molar refractivity (Wildman–Crippen MR) is 216 cm³/mol. The first-order valence-electron chi connectivity index (χ1n) is 19.4. The minimum Gasteiger partial charge on any atom is -0.385 e. The number of hydrogen-bond acceptors (Lipinski definition) is 10. The lowest BCUT2D eigenvalue weighted by Crippen LogP contribution is -2.72. The fourth-order valence-corrected chi connectivity index (χ4v) is 8.70. The SMILES string of the molecule is C1CC1.CNC1=CC(N2CCc3c(-c4ccc(CN5CC6(C5)CN(C(=O)c5ccc(Cl)c(N7CCC(=O)NC7=O)c5)C6)cn4)cccc32)Nn2c(C(N)=O)cnc21. The van der Waals surface area contributed by atoms with Crippen LogP contribution in [-0.2, 0) is 17.8 Å². The second-order valence-corrected chi connectivity index (χ2v) is 16.1. The maximum absolute atomic E-state index is 13.4. The average molecular weight is 790 g/mol. The molecule has 16 heteroatoms. The Balaban J connectivity index is 0.00000135. The third kappa shape index (κ3) is 6.95. The van der Waals surface area contributed by atoms with Crippen molar-refractivity contribution in [3.8, 4) is 11.3 Å². The Hall–Kier alpha value is -5.93. The van der Waals surface area contributed by atoms with E-state index in [0.29, 0.717) is 40.9 Å². The van der Waals surface area contributed by atoms with Crippen molar-refractivity contribution >= 4 is 52.4 Å². The van der Waals surface area contributed by atoms with Crippen molar-refractivity contribution in [3.05, 3.63) is 100 Å². The van der Waals surface area contributed by atoms with Gasteiger partial charge >= 0.3 is 6.03 Å². The molecule has 5 N–H and O–H groups in total. The highest BCUT2D eigenvalue weighted by Gasteiger charge is 2.53. The van der Waals surface area contributed by atoms with E-state index >= 15 is 0 Å². The molecule has 57 heavy (non-hydrogen) atoms. The highest BCUT2D eigenvalue weighted by molar-refractivity contribution is 6.34. The van der Waals surface area contributed by atoms with E-state index in [0.717, 1.165) is 60.8 Å². The Kier molecular flexibility index (Phi) is 9.36. The van der Waals surface area contributed by atoms with Crippen LogP contribution >= 0.6 is 11.6 Å². The average Bonchev–Trinajstić information content (AvgIpc) is 3.90. The molecule has 1 saturated carbocycles. The van der Waals surface area contributed by atoms with E-state index in [1.807, 2.05) is 18.1 Å². The third-order valence-electron chi connectivity index (χ3n) is 11.4. The first-order valence-corrected chi connectivity index (χ1v) is 19.8. The molecule has 2 aromatic heterocycles. The minimum absolute atomic E-state index is 0.0824. The number of carbonyl (C=O) groups is 4. The lowest BCUT2D eigenvalue weighted by atomic mass is 9.72. The zero-order chi connectivity index (χ0) is 39.4. The highest BCUT2D eigenvalue weighted by atomic mass is 35.5. The summed E-state index contributed by atoms with van der Waals surface area (Å²) in [7, 11) is 1.83. The van der Waals surface area contributed by atoms with Crippen molar-refractivity contribution < 1.29 is 19.2 Å². The number of hydrogen-bond donors (Lipinski definition) is 4. The van der Waals surface area contributed by atoms with Crippen LogP contribution in [0.2, 0.25) is 5.02 Å². The van der Waals surface area contributed by atoms with Crippen LogP contribution in [0.5, 0.6) is 0 Å². The van der Waals surface area contributed by atoms with Crippen LogP contribution in [0.3, 0.4) is 0 Å². The van der Waals surface area contributed by atoms with Crippen LogP contribution in [0.1, 0.15) is 63.5 Å². The number of amides is 5. The fraction of sp³-hybridized carbons (Fsp3) is 0.366. The number of nitrogens with two attached hydrogens (primary N) is 1. The zero-order valence-corrected chi connectivity index (χ0v) is 32.4. The molecule has 10 rings (SSSR count). The van der Waals surface area contributed by atoms with Crippen molar-refractivity contribution in [2.24, 2.45) is 11.1 Å². The van der Waals surface area contributed by atoms with Crippen LogP contribution in [0.15, 0.2) is 67.0 Å². The van der Waals surface area contributed by atoms with Crippen LogP contribution in [-0.4, -0.2) is 101 Å². The van der Waals surface area contributed by atoms with Gasteiger partial charge in [0.2, 0.25) is 5.91 Å². The molecule has 0 bridgehead atoms. The maximum atomic E-state index is 13.4. The van der Waals surface area contributed by atoms with Gasteiger partial charge in [0.1, 0.15) is 11.9 Å². The summed E-state index contributed by atoms with van der Waals surface area (Å²) in [5, 5.41) is 5.85. The van der Waals surface area contributed by atoms with Crippen LogP contribution in [0.4, 0.5) is 16.2 Å². The molecule has 1 atom stereocenters. The van der Waals surface area contributed by atoms with Gasteiger partial charge in [0.05, 0.1) is 28.3 Å². The lowest BCUT2D eigenvalue weighted by Gasteiger charge is -2.60. The molecular formula is C41H44ClN11O4. The number of fused-ring (bicyclic) bond motifs is 2. The molecule has 5 aliphatic heterocycles. The highest BCUT2D eigenvalue weighted by Crippen LogP contribution is 2.42. The molecule has 5 amide bonds. The van der Waals surface area contributed by atoms with Gasteiger partial charge in [-0.3, -0.25) is 39.9 Å². The minimum atomic E-state index is -0.551. The number of halogens is 1. The topological polar surface area (TPSA) is 174 Å². The zero-order valence-electron chi connectivity index (χ0n) is 31.6. The van der Waals surface area contributed by atoms with Gasteiger partial charge in [-0.1, -0.05) is 49.1 Å². The summed E-state index contributed by atoms with van der Waals surface area (Å²) < 4.78 is 1.66. The standard InChI is InChI=1S/C38H38ClN11O4.C3H6/c1-41-28-14-32(45-50-31(34(40)52)16-43-35(28)50)48-11-9-25-24(3-2-4-29(25)48)27-8-5-22(15-42-27)17-46-18-38(19-46)20-47(21-38)36(53)23-6-7-26(39)30(13-23)49-12-10-33(51)44-37(49)54;1-2-3-1/h2-8,13-16,32,41,45H,9-12,17-21H2,1H3,(H2,40,52)(H,44,51,54);1-3H2. The first-order chi connectivity index (χ1) is 27.6. The monoisotopic (exact) mass is 789 g/mol. The molecule has 7 heterocycles. The summed E-state index contributed by atoms with van der Waals surface area (Å²) >= 11 is 6.38.